The van der Waals surface area contributed by atoms with Crippen LogP contribution in [0.15, 0.2) is 0 Å². The number of rotatable bonds is 7. The Morgan fingerprint density at radius 1 is 1.40 bits per heavy atom. The minimum atomic E-state index is 0.342. The van der Waals surface area contributed by atoms with Crippen molar-refractivity contribution >= 4 is 0 Å². The maximum absolute atomic E-state index is 9.01. The molecule has 90 valence electrons. The van der Waals surface area contributed by atoms with Crippen molar-refractivity contribution in [1.29, 1.82) is 0 Å². The average Bonchev–Trinajstić information content (AvgIpc) is 2.27. The van der Waals surface area contributed by atoms with Crippen molar-refractivity contribution in [3.8, 4) is 0 Å². The summed E-state index contributed by atoms with van der Waals surface area (Å²) in [6.45, 7) is 7.11. The number of nitrogens with one attached hydrogen (secondary N) is 1. The highest BCUT2D eigenvalue weighted by atomic mass is 16.3. The molecule has 3 nitrogen and oxygen atoms in total. The largest absolute Gasteiger partial charge is 0.396 e. The Balaban J connectivity index is 2.17. The molecule has 0 amide bonds. The maximum atomic E-state index is 9.01. The summed E-state index contributed by atoms with van der Waals surface area (Å²) in [6.07, 6.45) is 6.15. The number of hydrogen-bond acceptors (Lipinski definition) is 3. The van der Waals surface area contributed by atoms with Gasteiger partial charge in [0.15, 0.2) is 0 Å². The molecule has 0 spiro atoms. The summed E-state index contributed by atoms with van der Waals surface area (Å²) >= 11 is 0. The molecule has 1 atom stereocenters. The Morgan fingerprint density at radius 2 is 2.27 bits per heavy atom. The van der Waals surface area contributed by atoms with E-state index < -0.39 is 0 Å². The lowest BCUT2D eigenvalue weighted by Crippen LogP contribution is -2.41. The molecule has 1 fully saturated rings. The molecule has 0 aliphatic carbocycles. The van der Waals surface area contributed by atoms with Gasteiger partial charge in [-0.1, -0.05) is 13.3 Å². The zero-order chi connectivity index (χ0) is 10.9. The highest BCUT2D eigenvalue weighted by Crippen LogP contribution is 2.19. The minimum absolute atomic E-state index is 0.342. The third-order valence-corrected chi connectivity index (χ3v) is 3.26. The smallest absolute Gasteiger partial charge is 0.0445 e. The van der Waals surface area contributed by atoms with E-state index >= 15 is 0 Å². The van der Waals surface area contributed by atoms with Crippen molar-refractivity contribution in [3.05, 3.63) is 0 Å². The van der Waals surface area contributed by atoms with Crippen LogP contribution in [0.3, 0.4) is 0 Å². The summed E-state index contributed by atoms with van der Waals surface area (Å²) < 4.78 is 0. The van der Waals surface area contributed by atoms with Crippen molar-refractivity contribution in [1.82, 2.24) is 10.2 Å². The molecule has 3 heteroatoms. The third-order valence-electron chi connectivity index (χ3n) is 3.26. The lowest BCUT2D eigenvalue weighted by molar-refractivity contribution is 0.118. The minimum Gasteiger partial charge on any atom is -0.396 e. The number of piperidine rings is 1. The Kier molecular flexibility index (Phi) is 6.98. The van der Waals surface area contributed by atoms with Gasteiger partial charge in [-0.3, -0.25) is 0 Å². The van der Waals surface area contributed by atoms with E-state index in [2.05, 4.69) is 17.1 Å². The zero-order valence-electron chi connectivity index (χ0n) is 10.0. The first-order chi connectivity index (χ1) is 7.38. The van der Waals surface area contributed by atoms with Gasteiger partial charge in [0.25, 0.3) is 0 Å². The van der Waals surface area contributed by atoms with E-state index in [1.807, 2.05) is 0 Å². The standard InChI is InChI=1S/C12H26N2O/c1-2-13-8-5-10-14-9-4-3-6-12(14)7-11-15/h12-13,15H,2-11H2,1H3. The van der Waals surface area contributed by atoms with Crippen molar-refractivity contribution in [2.75, 3.05) is 32.8 Å². The van der Waals surface area contributed by atoms with E-state index in [-0.39, 0.29) is 0 Å². The molecule has 2 N–H and O–H groups in total. The van der Waals surface area contributed by atoms with Crippen molar-refractivity contribution in [3.63, 3.8) is 0 Å². The van der Waals surface area contributed by atoms with Crippen molar-refractivity contribution in [2.45, 2.75) is 45.1 Å². The number of likely N-dealkylation sites (tertiary alicyclic amines) is 1. The molecule has 1 aliphatic heterocycles. The number of hydrogen-bond donors (Lipinski definition) is 2. The van der Waals surface area contributed by atoms with Crippen LogP contribution in [0.25, 0.3) is 0 Å². The predicted molar refractivity (Wildman–Crippen MR) is 64.1 cm³/mol. The molecule has 1 aliphatic rings. The molecule has 1 unspecified atom stereocenters. The quantitative estimate of drug-likeness (QED) is 0.626. The molecular weight excluding hydrogens is 188 g/mol. The van der Waals surface area contributed by atoms with Gasteiger partial charge in [-0.25, -0.2) is 0 Å². The fraction of sp³-hybridized carbons (Fsp3) is 1.00. The monoisotopic (exact) mass is 214 g/mol. The molecule has 0 aromatic carbocycles. The van der Waals surface area contributed by atoms with E-state index in [1.54, 1.807) is 0 Å². The Labute approximate surface area is 93.9 Å². The third kappa shape index (κ3) is 4.96. The van der Waals surface area contributed by atoms with Crippen molar-refractivity contribution < 1.29 is 5.11 Å². The van der Waals surface area contributed by atoms with Gasteiger partial charge < -0.3 is 15.3 Å². The molecule has 1 rings (SSSR count). The van der Waals surface area contributed by atoms with Crippen molar-refractivity contribution in [2.24, 2.45) is 0 Å². The predicted octanol–water partition coefficient (Wildman–Crippen LogP) is 1.22. The summed E-state index contributed by atoms with van der Waals surface area (Å²) in [6, 6.07) is 0.644. The van der Waals surface area contributed by atoms with Gasteiger partial charge in [0.05, 0.1) is 0 Å². The Bertz CT molecular complexity index is 151. The highest BCUT2D eigenvalue weighted by molar-refractivity contribution is 4.76. The fourth-order valence-electron chi connectivity index (χ4n) is 2.41. The van der Waals surface area contributed by atoms with E-state index in [9.17, 15) is 0 Å². The maximum Gasteiger partial charge on any atom is 0.0445 e. The second-order valence-corrected chi connectivity index (χ2v) is 4.40. The molecule has 1 saturated heterocycles. The van der Waals surface area contributed by atoms with Gasteiger partial charge in [-0.15, -0.1) is 0 Å². The molecule has 0 aromatic heterocycles. The second-order valence-electron chi connectivity index (χ2n) is 4.40. The van der Waals surface area contributed by atoms with Gasteiger partial charge in [0, 0.05) is 12.6 Å². The lowest BCUT2D eigenvalue weighted by Gasteiger charge is -2.35. The second kappa shape index (κ2) is 8.08. The van der Waals surface area contributed by atoms with Gasteiger partial charge in [0.2, 0.25) is 0 Å². The summed E-state index contributed by atoms with van der Waals surface area (Å²) in [5.41, 5.74) is 0. The van der Waals surface area contributed by atoms with Gasteiger partial charge in [0.1, 0.15) is 0 Å². The normalized spacial score (nSPS) is 23.2. The van der Waals surface area contributed by atoms with E-state index in [1.165, 1.54) is 38.8 Å². The zero-order valence-corrected chi connectivity index (χ0v) is 10.0. The molecule has 0 aromatic rings. The van der Waals surface area contributed by atoms with Crippen LogP contribution < -0.4 is 5.32 Å². The van der Waals surface area contributed by atoms with Crippen LogP contribution in [0.4, 0.5) is 0 Å². The van der Waals surface area contributed by atoms with Gasteiger partial charge in [-0.05, 0) is 51.9 Å². The van der Waals surface area contributed by atoms with Crippen LogP contribution in [0, 0.1) is 0 Å². The SMILES string of the molecule is CCNCCCN1CCCCC1CCO. The summed E-state index contributed by atoms with van der Waals surface area (Å²) in [5, 5.41) is 12.4. The molecule has 0 radical (unpaired) electrons. The fourth-order valence-corrected chi connectivity index (χ4v) is 2.41. The van der Waals surface area contributed by atoms with E-state index in [4.69, 9.17) is 5.11 Å². The molecule has 15 heavy (non-hydrogen) atoms. The van der Waals surface area contributed by atoms with Gasteiger partial charge in [-0.2, -0.15) is 0 Å². The lowest BCUT2D eigenvalue weighted by atomic mass is 9.99. The first-order valence-electron chi connectivity index (χ1n) is 6.44. The van der Waals surface area contributed by atoms with Crippen LogP contribution in [0.2, 0.25) is 0 Å². The molecule has 0 saturated carbocycles. The van der Waals surface area contributed by atoms with Crippen LogP contribution in [0.1, 0.15) is 39.0 Å². The van der Waals surface area contributed by atoms with E-state index in [0.29, 0.717) is 12.6 Å². The number of nitrogens with zero attached hydrogens (tertiary/aromatic N) is 1. The Hall–Kier alpha value is -0.120. The van der Waals surface area contributed by atoms with Crippen LogP contribution >= 0.6 is 0 Å². The molecule has 1 heterocycles. The molecule has 0 bridgehead atoms. The number of aliphatic hydroxyl groups excluding tert-OH is 1. The van der Waals surface area contributed by atoms with E-state index in [0.717, 1.165) is 19.5 Å². The Morgan fingerprint density at radius 3 is 3.00 bits per heavy atom. The van der Waals surface area contributed by atoms with Crippen LogP contribution in [0.5, 0.6) is 0 Å². The topological polar surface area (TPSA) is 35.5 Å². The molecular formula is C12H26N2O. The highest BCUT2D eigenvalue weighted by Gasteiger charge is 2.20. The first kappa shape index (κ1) is 12.9. The van der Waals surface area contributed by atoms with Crippen LogP contribution in [-0.4, -0.2) is 48.8 Å². The summed E-state index contributed by atoms with van der Waals surface area (Å²) in [7, 11) is 0. The summed E-state index contributed by atoms with van der Waals surface area (Å²) in [4.78, 5) is 2.57. The summed E-state index contributed by atoms with van der Waals surface area (Å²) in [5.74, 6) is 0. The first-order valence-corrected chi connectivity index (χ1v) is 6.44. The van der Waals surface area contributed by atoms with Gasteiger partial charge >= 0.3 is 0 Å². The number of aliphatic hydroxyl groups is 1. The van der Waals surface area contributed by atoms with Crippen LogP contribution in [-0.2, 0) is 0 Å². The average molecular weight is 214 g/mol.